The molecule has 1 aliphatic rings. The minimum atomic E-state index is -0.212. The normalized spacial score (nSPS) is 16.1. The number of hydrogen-bond acceptors (Lipinski definition) is 4. The molecule has 2 aromatic rings. The van der Waals surface area contributed by atoms with E-state index in [0.717, 1.165) is 18.4 Å². The van der Waals surface area contributed by atoms with Gasteiger partial charge in [0.25, 0.3) is 5.91 Å². The molecule has 0 saturated carbocycles. The van der Waals surface area contributed by atoms with Gasteiger partial charge in [0.2, 0.25) is 0 Å². The minimum Gasteiger partial charge on any atom is -0.482 e. The van der Waals surface area contributed by atoms with Crippen molar-refractivity contribution in [3.63, 3.8) is 0 Å². The summed E-state index contributed by atoms with van der Waals surface area (Å²) in [4.78, 5) is 16.6. The van der Waals surface area contributed by atoms with Crippen LogP contribution in [0.3, 0.4) is 0 Å². The average Bonchev–Trinajstić information content (AvgIpc) is 2.67. The number of pyridine rings is 1. The molecule has 0 bridgehead atoms. The van der Waals surface area contributed by atoms with Crippen LogP contribution in [0.4, 0.5) is 0 Å². The van der Waals surface area contributed by atoms with Gasteiger partial charge in [0.05, 0.1) is 11.1 Å². The highest BCUT2D eigenvalue weighted by Crippen LogP contribution is 2.30. The molecular weight excluding hydrogens is 375 g/mol. The number of halogens is 2. The number of rotatable bonds is 6. The third kappa shape index (κ3) is 5.10. The van der Waals surface area contributed by atoms with Gasteiger partial charge in [0, 0.05) is 30.6 Å². The number of nitrogens with zero attached hydrogens (tertiary/aromatic N) is 1. The van der Waals surface area contributed by atoms with E-state index in [1.807, 2.05) is 12.1 Å². The monoisotopic (exact) mass is 394 g/mol. The molecule has 1 N–H and O–H groups in total. The Morgan fingerprint density at radius 3 is 2.81 bits per heavy atom. The molecule has 0 spiro atoms. The van der Waals surface area contributed by atoms with Gasteiger partial charge >= 0.3 is 0 Å². The van der Waals surface area contributed by atoms with Gasteiger partial charge in [0.15, 0.2) is 6.61 Å². The zero-order valence-electron chi connectivity index (χ0n) is 14.2. The van der Waals surface area contributed by atoms with Crippen molar-refractivity contribution in [1.82, 2.24) is 10.3 Å². The van der Waals surface area contributed by atoms with Crippen molar-refractivity contribution in [2.75, 3.05) is 19.8 Å². The Kier molecular flexibility index (Phi) is 6.72. The maximum absolute atomic E-state index is 12.5. The van der Waals surface area contributed by atoms with Gasteiger partial charge in [-0.1, -0.05) is 29.3 Å². The molecule has 5 nitrogen and oxygen atoms in total. The second-order valence-corrected chi connectivity index (χ2v) is 6.99. The van der Waals surface area contributed by atoms with E-state index in [1.54, 1.807) is 30.6 Å². The lowest BCUT2D eigenvalue weighted by Gasteiger charge is -2.31. The van der Waals surface area contributed by atoms with Gasteiger partial charge in [-0.05, 0) is 48.6 Å². The number of amides is 1. The van der Waals surface area contributed by atoms with Crippen molar-refractivity contribution in [3.05, 3.63) is 58.3 Å². The van der Waals surface area contributed by atoms with E-state index < -0.39 is 0 Å². The molecule has 1 aromatic heterocycles. The maximum atomic E-state index is 12.5. The minimum absolute atomic E-state index is 0.121. The molecule has 1 aliphatic heterocycles. The molecular formula is C19H20Cl2N2O3. The summed E-state index contributed by atoms with van der Waals surface area (Å²) in [5.41, 5.74) is 0.984. The Bertz CT molecular complexity index is 737. The standard InChI is InChI=1S/C19H20Cl2N2O3/c20-15-3-4-17(16(21)10-15)26-12-18(24)23-19(13-5-8-25-9-6-13)14-2-1-7-22-11-14/h1-4,7,10-11,13,19H,5-6,8-9,12H2,(H,23,24)/t19-/m1/s1. The lowest BCUT2D eigenvalue weighted by atomic mass is 9.87. The van der Waals surface area contributed by atoms with Crippen molar-refractivity contribution < 1.29 is 14.3 Å². The van der Waals surface area contributed by atoms with Gasteiger partial charge < -0.3 is 14.8 Å². The number of nitrogens with one attached hydrogen (secondary N) is 1. The summed E-state index contributed by atoms with van der Waals surface area (Å²) in [6.07, 6.45) is 5.29. The van der Waals surface area contributed by atoms with E-state index in [9.17, 15) is 4.79 Å². The van der Waals surface area contributed by atoms with Crippen LogP contribution in [0, 0.1) is 5.92 Å². The smallest absolute Gasteiger partial charge is 0.258 e. The fourth-order valence-corrected chi connectivity index (χ4v) is 3.50. The fourth-order valence-electron chi connectivity index (χ4n) is 3.03. The van der Waals surface area contributed by atoms with E-state index in [2.05, 4.69) is 10.3 Å². The molecule has 2 heterocycles. The second kappa shape index (κ2) is 9.21. The zero-order valence-corrected chi connectivity index (χ0v) is 15.7. The highest BCUT2D eigenvalue weighted by molar-refractivity contribution is 6.35. The molecule has 1 atom stereocenters. The highest BCUT2D eigenvalue weighted by atomic mass is 35.5. The van der Waals surface area contributed by atoms with Gasteiger partial charge in [0.1, 0.15) is 5.75 Å². The summed E-state index contributed by atoms with van der Waals surface area (Å²) < 4.78 is 11.0. The van der Waals surface area contributed by atoms with Crippen molar-refractivity contribution in [1.29, 1.82) is 0 Å². The van der Waals surface area contributed by atoms with Crippen molar-refractivity contribution in [3.8, 4) is 5.75 Å². The predicted octanol–water partition coefficient (Wildman–Crippen LogP) is 4.05. The van der Waals surface area contributed by atoms with Gasteiger partial charge in [-0.3, -0.25) is 9.78 Å². The average molecular weight is 395 g/mol. The van der Waals surface area contributed by atoms with Crippen molar-refractivity contribution in [2.24, 2.45) is 5.92 Å². The Morgan fingerprint density at radius 1 is 1.31 bits per heavy atom. The molecule has 1 saturated heterocycles. The van der Waals surface area contributed by atoms with E-state index in [4.69, 9.17) is 32.7 Å². The lowest BCUT2D eigenvalue weighted by molar-refractivity contribution is -0.124. The largest absolute Gasteiger partial charge is 0.482 e. The summed E-state index contributed by atoms with van der Waals surface area (Å²) in [5, 5.41) is 3.97. The van der Waals surface area contributed by atoms with Gasteiger partial charge in [-0.25, -0.2) is 0 Å². The zero-order chi connectivity index (χ0) is 18.4. The van der Waals surface area contributed by atoms with E-state index in [1.165, 1.54) is 0 Å². The van der Waals surface area contributed by atoms with E-state index in [0.29, 0.717) is 34.9 Å². The molecule has 7 heteroatoms. The van der Waals surface area contributed by atoms with Crippen LogP contribution in [-0.4, -0.2) is 30.7 Å². The first-order chi connectivity index (χ1) is 12.6. The predicted molar refractivity (Wildman–Crippen MR) is 101 cm³/mol. The quantitative estimate of drug-likeness (QED) is 0.802. The first-order valence-electron chi connectivity index (χ1n) is 8.48. The summed E-state index contributed by atoms with van der Waals surface area (Å²) in [7, 11) is 0. The van der Waals surface area contributed by atoms with Crippen LogP contribution in [-0.2, 0) is 9.53 Å². The molecule has 1 fully saturated rings. The van der Waals surface area contributed by atoms with Crippen LogP contribution >= 0.6 is 23.2 Å². The first kappa shape index (κ1) is 19.0. The topological polar surface area (TPSA) is 60.5 Å². The molecule has 0 radical (unpaired) electrons. The number of ether oxygens (including phenoxy) is 2. The lowest BCUT2D eigenvalue weighted by Crippen LogP contribution is -2.38. The fraction of sp³-hybridized carbons (Fsp3) is 0.368. The van der Waals surface area contributed by atoms with Crippen LogP contribution in [0.1, 0.15) is 24.4 Å². The Hall–Kier alpha value is -1.82. The third-order valence-electron chi connectivity index (χ3n) is 4.35. The summed E-state index contributed by atoms with van der Waals surface area (Å²) in [5.74, 6) is 0.516. The molecule has 1 aromatic carbocycles. The molecule has 0 unspecified atom stereocenters. The molecule has 1 amide bonds. The van der Waals surface area contributed by atoms with E-state index >= 15 is 0 Å². The molecule has 3 rings (SSSR count). The van der Waals surface area contributed by atoms with Crippen LogP contribution in [0.15, 0.2) is 42.7 Å². The summed E-state index contributed by atoms with van der Waals surface area (Å²) in [6, 6.07) is 8.62. The Balaban J connectivity index is 1.65. The SMILES string of the molecule is O=C(COc1ccc(Cl)cc1Cl)N[C@@H](c1cccnc1)C1CCOCC1. The molecule has 138 valence electrons. The van der Waals surface area contributed by atoms with Crippen LogP contribution in [0.25, 0.3) is 0 Å². The number of benzene rings is 1. The number of hydrogen-bond donors (Lipinski definition) is 1. The Labute approximate surface area is 162 Å². The number of carbonyl (C=O) groups excluding carboxylic acids is 1. The highest BCUT2D eigenvalue weighted by Gasteiger charge is 2.27. The summed E-state index contributed by atoms with van der Waals surface area (Å²) >= 11 is 11.9. The van der Waals surface area contributed by atoms with Crippen LogP contribution < -0.4 is 10.1 Å². The van der Waals surface area contributed by atoms with Crippen LogP contribution in [0.2, 0.25) is 10.0 Å². The first-order valence-corrected chi connectivity index (χ1v) is 9.24. The Morgan fingerprint density at radius 2 is 2.12 bits per heavy atom. The molecule has 26 heavy (non-hydrogen) atoms. The maximum Gasteiger partial charge on any atom is 0.258 e. The number of aromatic nitrogens is 1. The van der Waals surface area contributed by atoms with E-state index in [-0.39, 0.29) is 18.6 Å². The number of carbonyl (C=O) groups is 1. The molecule has 0 aliphatic carbocycles. The van der Waals surface area contributed by atoms with Crippen LogP contribution in [0.5, 0.6) is 5.75 Å². The summed E-state index contributed by atoms with van der Waals surface area (Å²) in [6.45, 7) is 1.28. The van der Waals surface area contributed by atoms with Gasteiger partial charge in [-0.15, -0.1) is 0 Å². The second-order valence-electron chi connectivity index (χ2n) is 6.14. The van der Waals surface area contributed by atoms with Crippen molar-refractivity contribution in [2.45, 2.75) is 18.9 Å². The third-order valence-corrected chi connectivity index (χ3v) is 4.88. The van der Waals surface area contributed by atoms with Gasteiger partial charge in [-0.2, -0.15) is 0 Å². The van der Waals surface area contributed by atoms with Crippen molar-refractivity contribution >= 4 is 29.1 Å².